The molecule has 0 radical (unpaired) electrons. The third kappa shape index (κ3) is 1.47. The Kier molecular flexibility index (Phi) is 1.98. The Labute approximate surface area is 79.4 Å². The molecule has 0 aliphatic rings. The predicted molar refractivity (Wildman–Crippen MR) is 48.8 cm³/mol. The van der Waals surface area contributed by atoms with Crippen molar-refractivity contribution in [3.8, 4) is 11.3 Å². The van der Waals surface area contributed by atoms with Crippen molar-refractivity contribution in [2.24, 2.45) is 0 Å². The van der Waals surface area contributed by atoms with Crippen LogP contribution in [0.3, 0.4) is 0 Å². The molecule has 70 valence electrons. The van der Waals surface area contributed by atoms with Gasteiger partial charge in [0.15, 0.2) is 0 Å². The van der Waals surface area contributed by atoms with Gasteiger partial charge in [-0.3, -0.25) is 0 Å². The third-order valence-electron chi connectivity index (χ3n) is 1.80. The maximum atomic E-state index is 10.6. The predicted octanol–water partition coefficient (Wildman–Crippen LogP) is 1.17. The maximum absolute atomic E-state index is 10.6. The number of aromatic amines is 1. The highest BCUT2D eigenvalue weighted by atomic mass is 16.4. The van der Waals surface area contributed by atoms with E-state index >= 15 is 0 Å². The van der Waals surface area contributed by atoms with Crippen LogP contribution in [0.5, 0.6) is 0 Å². The lowest BCUT2D eigenvalue weighted by atomic mass is 10.2. The van der Waals surface area contributed by atoms with Gasteiger partial charge in [0.25, 0.3) is 0 Å². The van der Waals surface area contributed by atoms with E-state index in [1.165, 1.54) is 12.3 Å². The van der Waals surface area contributed by atoms with E-state index in [9.17, 15) is 4.79 Å². The highest BCUT2D eigenvalue weighted by Gasteiger charge is 2.06. The summed E-state index contributed by atoms with van der Waals surface area (Å²) in [7, 11) is 0. The zero-order chi connectivity index (χ0) is 9.97. The summed E-state index contributed by atoms with van der Waals surface area (Å²) in [6.45, 7) is 0. The smallest absolute Gasteiger partial charge is 0.337 e. The van der Waals surface area contributed by atoms with E-state index in [0.717, 1.165) is 5.56 Å². The highest BCUT2D eigenvalue weighted by Crippen LogP contribution is 2.15. The lowest BCUT2D eigenvalue weighted by molar-refractivity contribution is 0.0696. The monoisotopic (exact) mass is 189 g/mol. The van der Waals surface area contributed by atoms with Gasteiger partial charge in [-0.1, -0.05) is 0 Å². The summed E-state index contributed by atoms with van der Waals surface area (Å²) in [4.78, 5) is 13.5. The zero-order valence-corrected chi connectivity index (χ0v) is 7.14. The van der Waals surface area contributed by atoms with Crippen molar-refractivity contribution in [1.29, 1.82) is 0 Å². The number of aromatic carboxylic acids is 1. The number of hydrogen-bond donors (Lipinski definition) is 2. The number of nitrogens with one attached hydrogen (secondary N) is 1. The van der Waals surface area contributed by atoms with Gasteiger partial charge < -0.3 is 10.1 Å². The van der Waals surface area contributed by atoms with E-state index in [1.807, 2.05) is 0 Å². The second-order valence-electron chi connectivity index (χ2n) is 2.73. The van der Waals surface area contributed by atoms with Gasteiger partial charge >= 0.3 is 5.97 Å². The Morgan fingerprint density at radius 3 is 3.00 bits per heavy atom. The number of hydrogen-bond acceptors (Lipinski definition) is 3. The Bertz CT molecular complexity index is 451. The van der Waals surface area contributed by atoms with E-state index in [2.05, 4.69) is 15.2 Å². The number of carbonyl (C=O) groups is 1. The Hall–Kier alpha value is -2.17. The van der Waals surface area contributed by atoms with Crippen molar-refractivity contribution in [2.45, 2.75) is 0 Å². The van der Waals surface area contributed by atoms with E-state index in [-0.39, 0.29) is 5.56 Å². The summed E-state index contributed by atoms with van der Waals surface area (Å²) in [5.41, 5.74) is 1.50. The fourth-order valence-electron chi connectivity index (χ4n) is 1.11. The molecular formula is C9H7N3O2. The van der Waals surface area contributed by atoms with E-state index < -0.39 is 5.97 Å². The van der Waals surface area contributed by atoms with Crippen LogP contribution >= 0.6 is 0 Å². The number of nitrogens with zero attached hydrogens (tertiary/aromatic N) is 2. The first kappa shape index (κ1) is 8.43. The number of H-pyrrole nitrogens is 1. The largest absolute Gasteiger partial charge is 0.478 e. The average Bonchev–Trinajstić information content (AvgIpc) is 2.71. The minimum atomic E-state index is -1.00. The van der Waals surface area contributed by atoms with Crippen LogP contribution in [0.25, 0.3) is 11.3 Å². The maximum Gasteiger partial charge on any atom is 0.337 e. The van der Waals surface area contributed by atoms with E-state index in [1.54, 1.807) is 18.5 Å². The summed E-state index contributed by atoms with van der Waals surface area (Å²) in [5.74, 6) is -1.00. The fraction of sp³-hybridized carbons (Fsp3) is 0. The van der Waals surface area contributed by atoms with Crippen LogP contribution < -0.4 is 0 Å². The first-order valence-electron chi connectivity index (χ1n) is 3.96. The molecule has 5 nitrogen and oxygen atoms in total. The molecule has 5 heteroatoms. The lowest BCUT2D eigenvalue weighted by Crippen LogP contribution is -1.99. The fourth-order valence-corrected chi connectivity index (χ4v) is 1.11. The first-order chi connectivity index (χ1) is 6.77. The molecule has 2 aromatic rings. The lowest BCUT2D eigenvalue weighted by Gasteiger charge is -1.96. The number of carboxylic acid groups (broad SMARTS) is 1. The van der Waals surface area contributed by atoms with Crippen LogP contribution in [0.4, 0.5) is 0 Å². The Morgan fingerprint density at radius 1 is 1.50 bits per heavy atom. The van der Waals surface area contributed by atoms with Gasteiger partial charge in [-0.05, 0) is 12.1 Å². The average molecular weight is 189 g/mol. The summed E-state index contributed by atoms with van der Waals surface area (Å²) in [5, 5.41) is 16.2. The summed E-state index contributed by atoms with van der Waals surface area (Å²) in [6, 6.07) is 3.29. The Balaban J connectivity index is 2.46. The van der Waals surface area contributed by atoms with Crippen molar-refractivity contribution in [3.63, 3.8) is 0 Å². The Morgan fingerprint density at radius 2 is 2.36 bits per heavy atom. The summed E-state index contributed by atoms with van der Waals surface area (Å²) < 4.78 is 0. The summed E-state index contributed by atoms with van der Waals surface area (Å²) in [6.07, 6.45) is 4.69. The second kappa shape index (κ2) is 3.29. The van der Waals surface area contributed by atoms with Gasteiger partial charge in [0.2, 0.25) is 0 Å². The van der Waals surface area contributed by atoms with E-state index in [4.69, 9.17) is 5.11 Å². The molecule has 2 N–H and O–H groups in total. The topological polar surface area (TPSA) is 78.9 Å². The van der Waals surface area contributed by atoms with Crippen LogP contribution in [0.1, 0.15) is 10.4 Å². The SMILES string of the molecule is O=C(O)c1cnnc(-c2cc[nH]c2)c1. The van der Waals surface area contributed by atoms with Crippen molar-refractivity contribution < 1.29 is 9.90 Å². The molecule has 2 aromatic heterocycles. The quantitative estimate of drug-likeness (QED) is 0.743. The van der Waals surface area contributed by atoms with Crippen LogP contribution in [-0.2, 0) is 0 Å². The van der Waals surface area contributed by atoms with Crippen molar-refractivity contribution in [2.75, 3.05) is 0 Å². The molecule has 0 amide bonds. The van der Waals surface area contributed by atoms with Crippen LogP contribution in [0, 0.1) is 0 Å². The number of rotatable bonds is 2. The molecular weight excluding hydrogens is 182 g/mol. The van der Waals surface area contributed by atoms with Gasteiger partial charge in [0.05, 0.1) is 17.5 Å². The molecule has 2 heterocycles. The van der Waals surface area contributed by atoms with Gasteiger partial charge in [0.1, 0.15) is 0 Å². The minimum absolute atomic E-state index is 0.135. The molecule has 0 aliphatic carbocycles. The van der Waals surface area contributed by atoms with Crippen LogP contribution in [0.15, 0.2) is 30.7 Å². The first-order valence-corrected chi connectivity index (χ1v) is 3.96. The molecule has 0 aromatic carbocycles. The van der Waals surface area contributed by atoms with Gasteiger partial charge in [-0.15, -0.1) is 0 Å². The molecule has 14 heavy (non-hydrogen) atoms. The summed E-state index contributed by atoms with van der Waals surface area (Å²) >= 11 is 0. The van der Waals surface area contributed by atoms with Crippen LogP contribution in [-0.4, -0.2) is 26.3 Å². The van der Waals surface area contributed by atoms with Gasteiger partial charge in [-0.2, -0.15) is 10.2 Å². The number of aromatic nitrogens is 3. The van der Waals surface area contributed by atoms with Crippen LogP contribution in [0.2, 0.25) is 0 Å². The molecule has 0 aliphatic heterocycles. The minimum Gasteiger partial charge on any atom is -0.478 e. The van der Waals surface area contributed by atoms with Crippen molar-refractivity contribution in [3.05, 3.63) is 36.3 Å². The molecule has 0 saturated heterocycles. The van der Waals surface area contributed by atoms with Gasteiger partial charge in [-0.25, -0.2) is 4.79 Å². The molecule has 0 fully saturated rings. The molecule has 0 bridgehead atoms. The highest BCUT2D eigenvalue weighted by molar-refractivity contribution is 5.88. The van der Waals surface area contributed by atoms with Crippen molar-refractivity contribution >= 4 is 5.97 Å². The van der Waals surface area contributed by atoms with E-state index in [0.29, 0.717) is 5.69 Å². The third-order valence-corrected chi connectivity index (χ3v) is 1.80. The molecule has 0 saturated carbocycles. The molecule has 0 spiro atoms. The molecule has 2 rings (SSSR count). The molecule has 0 unspecified atom stereocenters. The van der Waals surface area contributed by atoms with Gasteiger partial charge in [0, 0.05) is 18.0 Å². The standard InChI is InChI=1S/C9H7N3O2/c13-9(14)7-3-8(12-11-5-7)6-1-2-10-4-6/h1-5,10H,(H,13,14). The normalized spacial score (nSPS) is 10.0. The number of carboxylic acids is 1. The molecule has 0 atom stereocenters. The second-order valence-corrected chi connectivity index (χ2v) is 2.73. The zero-order valence-electron chi connectivity index (χ0n) is 7.14. The van der Waals surface area contributed by atoms with Crippen molar-refractivity contribution in [1.82, 2.24) is 15.2 Å².